The van der Waals surface area contributed by atoms with Crippen LogP contribution in [0.1, 0.15) is 56.2 Å². The molecule has 0 aliphatic carbocycles. The molecular weight excluding hydrogens is 416 g/mol. The van der Waals surface area contributed by atoms with Crippen LogP contribution in [-0.4, -0.2) is 42.5 Å². The van der Waals surface area contributed by atoms with Crippen LogP contribution in [-0.2, 0) is 22.6 Å². The maximum Gasteiger partial charge on any atom is 0.242 e. The Bertz CT molecular complexity index is 926. The molecule has 1 heterocycles. The third-order valence-corrected chi connectivity index (χ3v) is 5.92. The lowest BCUT2D eigenvalue weighted by Gasteiger charge is -2.31. The number of hydrogen-bond acceptors (Lipinski definition) is 4. The first-order chi connectivity index (χ1) is 16.0. The summed E-state index contributed by atoms with van der Waals surface area (Å²) in [5, 5.41) is 3.01. The van der Waals surface area contributed by atoms with Crippen molar-refractivity contribution < 1.29 is 19.1 Å². The van der Waals surface area contributed by atoms with Crippen molar-refractivity contribution in [3.05, 3.63) is 59.2 Å². The lowest BCUT2D eigenvalue weighted by atomic mass is 10.0. The van der Waals surface area contributed by atoms with Crippen LogP contribution in [0, 0.1) is 6.92 Å². The number of nitrogens with one attached hydrogen (secondary N) is 1. The van der Waals surface area contributed by atoms with Crippen molar-refractivity contribution in [1.29, 1.82) is 0 Å². The first-order valence-corrected chi connectivity index (χ1v) is 12.0. The Morgan fingerprint density at radius 1 is 1.00 bits per heavy atom. The number of carbonyl (C=O) groups is 2. The number of unbranched alkanes of at least 4 members (excludes halogenated alkanes) is 1. The van der Waals surface area contributed by atoms with E-state index in [1.807, 2.05) is 56.3 Å². The van der Waals surface area contributed by atoms with Gasteiger partial charge in [0.15, 0.2) is 11.5 Å². The number of amides is 2. The summed E-state index contributed by atoms with van der Waals surface area (Å²) in [6, 6.07) is 13.5. The van der Waals surface area contributed by atoms with Gasteiger partial charge in [-0.25, -0.2) is 0 Å². The van der Waals surface area contributed by atoms with Crippen LogP contribution < -0.4 is 14.8 Å². The number of fused-ring (bicyclic) bond motifs is 1. The molecule has 0 saturated carbocycles. The molecule has 0 radical (unpaired) electrons. The molecule has 0 aromatic heterocycles. The van der Waals surface area contributed by atoms with E-state index < -0.39 is 6.04 Å². The maximum atomic E-state index is 13.4. The molecule has 0 saturated heterocycles. The van der Waals surface area contributed by atoms with E-state index in [1.165, 1.54) is 5.56 Å². The van der Waals surface area contributed by atoms with Crippen molar-refractivity contribution in [2.75, 3.05) is 19.8 Å². The van der Waals surface area contributed by atoms with Gasteiger partial charge in [-0.15, -0.1) is 0 Å². The van der Waals surface area contributed by atoms with Gasteiger partial charge in [0.05, 0.1) is 0 Å². The number of nitrogens with zero attached hydrogens (tertiary/aromatic N) is 1. The molecule has 2 aromatic carbocycles. The van der Waals surface area contributed by atoms with Crippen molar-refractivity contribution in [3.8, 4) is 11.5 Å². The lowest BCUT2D eigenvalue weighted by Crippen LogP contribution is -2.49. The average Bonchev–Trinajstić information content (AvgIpc) is 2.83. The van der Waals surface area contributed by atoms with E-state index in [4.69, 9.17) is 9.47 Å². The molecule has 1 N–H and O–H groups in total. The standard InChI is InChI=1S/C27H36N2O4/c1-4-6-15-28-27(31)23(5-2)29(19-22-9-7-20(3)8-10-22)26(30)14-12-21-11-13-24-25(18-21)33-17-16-32-24/h7-11,13,18,23H,4-6,12,14-17,19H2,1-3H3,(H,28,31). The van der Waals surface area contributed by atoms with Gasteiger partial charge in [0.2, 0.25) is 11.8 Å². The Morgan fingerprint density at radius 2 is 1.70 bits per heavy atom. The highest BCUT2D eigenvalue weighted by Crippen LogP contribution is 2.31. The Morgan fingerprint density at radius 3 is 2.39 bits per heavy atom. The van der Waals surface area contributed by atoms with Crippen molar-refractivity contribution in [3.63, 3.8) is 0 Å². The molecule has 0 bridgehead atoms. The second kappa shape index (κ2) is 12.3. The number of aryl methyl sites for hydroxylation is 2. The van der Waals surface area contributed by atoms with E-state index >= 15 is 0 Å². The van der Waals surface area contributed by atoms with E-state index in [0.29, 0.717) is 45.6 Å². The molecule has 6 heteroatoms. The minimum absolute atomic E-state index is 0.0250. The van der Waals surface area contributed by atoms with Crippen LogP contribution in [0.4, 0.5) is 0 Å². The van der Waals surface area contributed by atoms with Gasteiger partial charge in [-0.05, 0) is 49.4 Å². The molecule has 1 aliphatic rings. The second-order valence-electron chi connectivity index (χ2n) is 8.55. The summed E-state index contributed by atoms with van der Waals surface area (Å²) >= 11 is 0. The summed E-state index contributed by atoms with van der Waals surface area (Å²) < 4.78 is 11.3. The van der Waals surface area contributed by atoms with Gasteiger partial charge in [-0.1, -0.05) is 56.2 Å². The van der Waals surface area contributed by atoms with Crippen molar-refractivity contribution in [2.45, 2.75) is 65.5 Å². The molecule has 1 unspecified atom stereocenters. The zero-order chi connectivity index (χ0) is 23.6. The Balaban J connectivity index is 1.72. The SMILES string of the molecule is CCCCNC(=O)C(CC)N(Cc1ccc(C)cc1)C(=O)CCc1ccc2c(c1)OCCO2. The molecule has 0 spiro atoms. The summed E-state index contributed by atoms with van der Waals surface area (Å²) in [5.74, 6) is 1.37. The summed E-state index contributed by atoms with van der Waals surface area (Å²) in [4.78, 5) is 28.1. The fraction of sp³-hybridized carbons (Fsp3) is 0.481. The van der Waals surface area contributed by atoms with Crippen molar-refractivity contribution >= 4 is 11.8 Å². The largest absolute Gasteiger partial charge is 0.486 e. The highest BCUT2D eigenvalue weighted by Gasteiger charge is 2.28. The van der Waals surface area contributed by atoms with Crippen LogP contribution in [0.15, 0.2) is 42.5 Å². The fourth-order valence-electron chi connectivity index (χ4n) is 3.95. The number of rotatable bonds is 11. The third-order valence-electron chi connectivity index (χ3n) is 5.92. The van der Waals surface area contributed by atoms with Gasteiger partial charge in [-0.3, -0.25) is 9.59 Å². The Kier molecular flexibility index (Phi) is 9.16. The van der Waals surface area contributed by atoms with Gasteiger partial charge < -0.3 is 19.7 Å². The van der Waals surface area contributed by atoms with Gasteiger partial charge >= 0.3 is 0 Å². The normalized spacial score (nSPS) is 13.3. The van der Waals surface area contributed by atoms with E-state index in [0.717, 1.165) is 35.5 Å². The van der Waals surface area contributed by atoms with Crippen molar-refractivity contribution in [1.82, 2.24) is 10.2 Å². The zero-order valence-corrected chi connectivity index (χ0v) is 20.1. The molecular formula is C27H36N2O4. The van der Waals surface area contributed by atoms with Gasteiger partial charge in [0.1, 0.15) is 19.3 Å². The summed E-state index contributed by atoms with van der Waals surface area (Å²) in [6.45, 7) is 8.23. The number of ether oxygens (including phenoxy) is 2. The smallest absolute Gasteiger partial charge is 0.242 e. The minimum Gasteiger partial charge on any atom is -0.486 e. The predicted octanol–water partition coefficient (Wildman–Crippen LogP) is 4.42. The fourth-order valence-corrected chi connectivity index (χ4v) is 3.95. The molecule has 178 valence electrons. The summed E-state index contributed by atoms with van der Waals surface area (Å²) in [7, 11) is 0. The van der Waals surface area contributed by atoms with E-state index in [2.05, 4.69) is 12.2 Å². The molecule has 2 aromatic rings. The molecule has 1 aliphatic heterocycles. The summed E-state index contributed by atoms with van der Waals surface area (Å²) in [5.41, 5.74) is 3.20. The molecule has 0 fully saturated rings. The first-order valence-electron chi connectivity index (χ1n) is 12.0. The molecule has 3 rings (SSSR count). The minimum atomic E-state index is -0.490. The van der Waals surface area contributed by atoms with Gasteiger partial charge in [0, 0.05) is 19.5 Å². The van der Waals surface area contributed by atoms with Gasteiger partial charge in [0.25, 0.3) is 0 Å². The Labute approximate surface area is 197 Å². The van der Waals surface area contributed by atoms with Crippen LogP contribution in [0.3, 0.4) is 0 Å². The monoisotopic (exact) mass is 452 g/mol. The number of carbonyl (C=O) groups excluding carboxylic acids is 2. The number of benzene rings is 2. The summed E-state index contributed by atoms with van der Waals surface area (Å²) in [6.07, 6.45) is 3.41. The van der Waals surface area contributed by atoms with Crippen LogP contribution in [0.25, 0.3) is 0 Å². The lowest BCUT2D eigenvalue weighted by molar-refractivity contribution is -0.141. The van der Waals surface area contributed by atoms with E-state index in [1.54, 1.807) is 4.90 Å². The predicted molar refractivity (Wildman–Crippen MR) is 129 cm³/mol. The zero-order valence-electron chi connectivity index (χ0n) is 20.1. The van der Waals surface area contributed by atoms with E-state index in [-0.39, 0.29) is 11.8 Å². The first kappa shape index (κ1) is 24.6. The highest BCUT2D eigenvalue weighted by molar-refractivity contribution is 5.87. The third kappa shape index (κ3) is 6.98. The van der Waals surface area contributed by atoms with Crippen molar-refractivity contribution in [2.24, 2.45) is 0 Å². The quantitative estimate of drug-likeness (QED) is 0.513. The highest BCUT2D eigenvalue weighted by atomic mass is 16.6. The Hall–Kier alpha value is -3.02. The average molecular weight is 453 g/mol. The van der Waals surface area contributed by atoms with Crippen LogP contribution in [0.5, 0.6) is 11.5 Å². The van der Waals surface area contributed by atoms with Crippen LogP contribution >= 0.6 is 0 Å². The van der Waals surface area contributed by atoms with Gasteiger partial charge in [-0.2, -0.15) is 0 Å². The molecule has 6 nitrogen and oxygen atoms in total. The topological polar surface area (TPSA) is 67.9 Å². The second-order valence-corrected chi connectivity index (χ2v) is 8.55. The molecule has 1 atom stereocenters. The number of hydrogen-bond donors (Lipinski definition) is 1. The van der Waals surface area contributed by atoms with E-state index in [9.17, 15) is 9.59 Å². The maximum absolute atomic E-state index is 13.4. The van der Waals surface area contributed by atoms with Crippen LogP contribution in [0.2, 0.25) is 0 Å². The molecule has 2 amide bonds. The molecule has 33 heavy (non-hydrogen) atoms.